The molecule has 0 aliphatic rings. The average Bonchev–Trinajstić information content (AvgIpc) is 3.03. The van der Waals surface area contributed by atoms with Crippen LogP contribution in [0.25, 0.3) is 0 Å². The summed E-state index contributed by atoms with van der Waals surface area (Å²) in [5, 5.41) is 2.80. The molecule has 0 radical (unpaired) electrons. The Bertz CT molecular complexity index is 1580. The van der Waals surface area contributed by atoms with Gasteiger partial charge in [0.05, 0.1) is 5.56 Å². The molecular formula is C35H37NO11. The molecule has 0 bridgehead atoms. The maximum absolute atomic E-state index is 12.6. The zero-order chi connectivity index (χ0) is 34.7. The number of rotatable bonds is 13. The molecule has 1 amide bonds. The first-order chi connectivity index (χ1) is 22.2. The minimum Gasteiger partial charge on any atom is -0.458 e. The predicted molar refractivity (Wildman–Crippen MR) is 168 cm³/mol. The Morgan fingerprint density at radius 1 is 0.574 bits per heavy atom. The van der Waals surface area contributed by atoms with Crippen molar-refractivity contribution in [2.75, 3.05) is 5.32 Å². The molecule has 12 nitrogen and oxygen atoms in total. The van der Waals surface area contributed by atoms with Gasteiger partial charge in [-0.3, -0.25) is 4.79 Å². The lowest BCUT2D eigenvalue weighted by atomic mass is 10.1. The third-order valence-corrected chi connectivity index (χ3v) is 6.58. The second-order valence-corrected chi connectivity index (χ2v) is 10.8. The maximum atomic E-state index is 12.6. The van der Waals surface area contributed by atoms with Crippen molar-refractivity contribution >= 4 is 41.4 Å². The maximum Gasteiger partial charge on any atom is 0.348 e. The van der Waals surface area contributed by atoms with Crippen molar-refractivity contribution in [3.63, 3.8) is 0 Å². The first kappa shape index (κ1) is 36.0. The number of amides is 1. The van der Waals surface area contributed by atoms with E-state index in [1.54, 1.807) is 24.3 Å². The van der Waals surface area contributed by atoms with Crippen LogP contribution in [0.1, 0.15) is 65.1 Å². The number of aryl methyl sites for hydroxylation is 2. The zero-order valence-electron chi connectivity index (χ0n) is 26.9. The van der Waals surface area contributed by atoms with E-state index in [-0.39, 0.29) is 18.1 Å². The van der Waals surface area contributed by atoms with E-state index in [1.165, 1.54) is 52.0 Å². The van der Waals surface area contributed by atoms with Gasteiger partial charge in [0.25, 0.3) is 5.91 Å². The Labute approximate surface area is 272 Å². The fraction of sp³-hybridized carbons (Fsp3) is 0.314. The molecule has 3 aromatic carbocycles. The Morgan fingerprint density at radius 2 is 1.02 bits per heavy atom. The molecule has 0 aromatic heterocycles. The number of nitrogens with one attached hydrogen (secondary N) is 1. The van der Waals surface area contributed by atoms with Crippen LogP contribution in [0, 0.1) is 13.8 Å². The minimum absolute atomic E-state index is 0.0114. The topological polar surface area (TPSA) is 161 Å². The Morgan fingerprint density at radius 3 is 1.53 bits per heavy atom. The van der Waals surface area contributed by atoms with Gasteiger partial charge in [-0.15, -0.1) is 0 Å². The molecule has 0 saturated carbocycles. The summed E-state index contributed by atoms with van der Waals surface area (Å²) in [6.07, 6.45) is -5.58. The summed E-state index contributed by atoms with van der Waals surface area (Å²) in [6, 6.07) is 20.2. The molecule has 0 saturated heterocycles. The van der Waals surface area contributed by atoms with E-state index in [0.717, 1.165) is 16.7 Å². The van der Waals surface area contributed by atoms with E-state index in [0.29, 0.717) is 11.3 Å². The first-order valence-corrected chi connectivity index (χ1v) is 14.8. The molecule has 47 heavy (non-hydrogen) atoms. The summed E-state index contributed by atoms with van der Waals surface area (Å²) < 4.78 is 25.3. The van der Waals surface area contributed by atoms with E-state index < -0.39 is 54.3 Å². The van der Waals surface area contributed by atoms with Crippen molar-refractivity contribution in [3.05, 3.63) is 101 Å². The molecule has 1 N–H and O–H groups in total. The highest BCUT2D eigenvalue weighted by molar-refractivity contribution is 6.05. The summed E-state index contributed by atoms with van der Waals surface area (Å²) in [5.74, 6) is -5.16. The highest BCUT2D eigenvalue weighted by atomic mass is 16.6. The summed E-state index contributed by atoms with van der Waals surface area (Å²) in [5.41, 5.74) is 3.76. The van der Waals surface area contributed by atoms with Gasteiger partial charge in [-0.25, -0.2) is 24.0 Å². The van der Waals surface area contributed by atoms with Crippen LogP contribution in [0.15, 0.2) is 72.8 Å². The van der Waals surface area contributed by atoms with Gasteiger partial charge in [0, 0.05) is 11.3 Å². The van der Waals surface area contributed by atoms with Crippen molar-refractivity contribution in [2.24, 2.45) is 0 Å². The molecule has 0 unspecified atom stereocenters. The highest BCUT2D eigenvalue weighted by Crippen LogP contribution is 2.16. The van der Waals surface area contributed by atoms with Gasteiger partial charge in [-0.2, -0.15) is 0 Å². The molecule has 0 heterocycles. The molecule has 0 aliphatic carbocycles. The van der Waals surface area contributed by atoms with E-state index in [9.17, 15) is 28.8 Å². The molecule has 0 fully saturated rings. The van der Waals surface area contributed by atoms with Gasteiger partial charge in [0.15, 0.2) is 24.4 Å². The number of carbonyl (C=O) groups is 6. The van der Waals surface area contributed by atoms with Crippen molar-refractivity contribution < 1.29 is 52.5 Å². The lowest BCUT2D eigenvalue weighted by Crippen LogP contribution is -2.37. The quantitative estimate of drug-likeness (QED) is 0.203. The van der Waals surface area contributed by atoms with Crippen LogP contribution in [0.5, 0.6) is 0 Å². The van der Waals surface area contributed by atoms with Crippen LogP contribution >= 0.6 is 0 Å². The zero-order valence-corrected chi connectivity index (χ0v) is 26.9. The summed E-state index contributed by atoms with van der Waals surface area (Å²) in [4.78, 5) is 74.6. The van der Waals surface area contributed by atoms with Gasteiger partial charge in [0.2, 0.25) is 0 Å². The van der Waals surface area contributed by atoms with Crippen molar-refractivity contribution in [2.45, 2.75) is 72.6 Å². The molecule has 4 atom stereocenters. The van der Waals surface area contributed by atoms with Crippen LogP contribution in [0.2, 0.25) is 0 Å². The number of hydrogen-bond acceptors (Lipinski definition) is 11. The third kappa shape index (κ3) is 11.1. The molecule has 248 valence electrons. The standard InChI is InChI=1S/C35H37NO11/c1-20-16-21(2)18-29(17-20)36-30(37)27-12-14-28(15-13-27)35(42)47-25(6)34(41)46-24(5)33(40)45-23(4)32(39)44-22(3)31(38)43-19-26-10-8-7-9-11-26/h7-18,22-25H,19H2,1-6H3,(H,36,37)/t22-,23-,24-,25-/m0/s1. The predicted octanol–water partition coefficient (Wildman–Crippen LogP) is 4.64. The molecule has 3 rings (SSSR count). The Kier molecular flexibility index (Phi) is 12.8. The van der Waals surface area contributed by atoms with Crippen molar-refractivity contribution in [3.8, 4) is 0 Å². The second-order valence-electron chi connectivity index (χ2n) is 10.8. The van der Waals surface area contributed by atoms with E-state index >= 15 is 0 Å². The first-order valence-electron chi connectivity index (χ1n) is 14.8. The third-order valence-electron chi connectivity index (χ3n) is 6.58. The van der Waals surface area contributed by atoms with Crippen molar-refractivity contribution in [1.29, 1.82) is 0 Å². The van der Waals surface area contributed by atoms with Gasteiger partial charge in [0.1, 0.15) is 6.61 Å². The molecular weight excluding hydrogens is 610 g/mol. The summed E-state index contributed by atoms with van der Waals surface area (Å²) >= 11 is 0. The second kappa shape index (κ2) is 16.7. The van der Waals surface area contributed by atoms with Crippen molar-refractivity contribution in [1.82, 2.24) is 0 Å². The normalized spacial score (nSPS) is 13.1. The molecule has 12 heteroatoms. The Hall–Kier alpha value is -5.52. The Balaban J connectivity index is 1.43. The number of hydrogen-bond donors (Lipinski definition) is 1. The number of esters is 5. The molecule has 0 aliphatic heterocycles. The minimum atomic E-state index is -1.47. The SMILES string of the molecule is Cc1cc(C)cc(NC(=O)c2ccc(C(=O)O[C@@H](C)C(=O)O[C@@H](C)C(=O)O[C@@H](C)C(=O)O[C@@H](C)C(=O)OCc3ccccc3)cc2)c1. The largest absolute Gasteiger partial charge is 0.458 e. The molecule has 0 spiro atoms. The van der Waals surface area contributed by atoms with Gasteiger partial charge in [-0.05, 0) is 94.6 Å². The smallest absolute Gasteiger partial charge is 0.348 e. The number of carbonyl (C=O) groups excluding carboxylic acids is 6. The molecule has 3 aromatic rings. The lowest BCUT2D eigenvalue weighted by molar-refractivity contribution is -0.183. The summed E-state index contributed by atoms with van der Waals surface area (Å²) in [7, 11) is 0. The number of ether oxygens (including phenoxy) is 5. The lowest BCUT2D eigenvalue weighted by Gasteiger charge is -2.19. The number of benzene rings is 3. The monoisotopic (exact) mass is 647 g/mol. The van der Waals surface area contributed by atoms with Gasteiger partial charge >= 0.3 is 29.8 Å². The van der Waals surface area contributed by atoms with Crippen LogP contribution in [-0.4, -0.2) is 60.2 Å². The number of anilines is 1. The van der Waals surface area contributed by atoms with E-state index in [2.05, 4.69) is 5.32 Å². The van der Waals surface area contributed by atoms with Crippen LogP contribution in [-0.2, 0) is 49.5 Å². The van der Waals surface area contributed by atoms with Crippen LogP contribution < -0.4 is 5.32 Å². The fourth-order valence-electron chi connectivity index (χ4n) is 4.09. The van der Waals surface area contributed by atoms with Crippen LogP contribution in [0.3, 0.4) is 0 Å². The van der Waals surface area contributed by atoms with Gasteiger partial charge < -0.3 is 29.0 Å². The summed E-state index contributed by atoms with van der Waals surface area (Å²) in [6.45, 7) is 8.82. The van der Waals surface area contributed by atoms with Crippen LogP contribution in [0.4, 0.5) is 5.69 Å². The van der Waals surface area contributed by atoms with E-state index in [1.807, 2.05) is 38.1 Å². The average molecular weight is 648 g/mol. The van der Waals surface area contributed by atoms with Gasteiger partial charge in [-0.1, -0.05) is 36.4 Å². The fourth-order valence-corrected chi connectivity index (χ4v) is 4.09. The highest BCUT2D eigenvalue weighted by Gasteiger charge is 2.30. The van der Waals surface area contributed by atoms with E-state index in [4.69, 9.17) is 23.7 Å².